The third-order valence-electron chi connectivity index (χ3n) is 1.62. The summed E-state index contributed by atoms with van der Waals surface area (Å²) in [6, 6.07) is 0. The fraction of sp³-hybridized carbons (Fsp3) is 0.429. The lowest BCUT2D eigenvalue weighted by Gasteiger charge is -2.05. The molecule has 1 heterocycles. The van der Waals surface area contributed by atoms with Crippen molar-refractivity contribution in [1.82, 2.24) is 0 Å². The standard InChI is InChI=1S/C7H11BO2S/c1-5(2)6-3-11-4-7(6)8(9)10/h3-5,9-10H,1-2H3. The Morgan fingerprint density at radius 1 is 1.36 bits per heavy atom. The van der Waals surface area contributed by atoms with E-state index in [1.165, 1.54) is 11.3 Å². The van der Waals surface area contributed by atoms with Crippen molar-refractivity contribution in [3.63, 3.8) is 0 Å². The SMILES string of the molecule is CC(C)c1cscc1B(O)O. The van der Waals surface area contributed by atoms with Crippen LogP contribution < -0.4 is 5.46 Å². The lowest BCUT2D eigenvalue weighted by atomic mass is 9.77. The summed E-state index contributed by atoms with van der Waals surface area (Å²) in [5, 5.41) is 21.5. The van der Waals surface area contributed by atoms with Gasteiger partial charge < -0.3 is 10.0 Å². The second-order valence-corrected chi connectivity index (χ2v) is 3.55. The zero-order valence-corrected chi connectivity index (χ0v) is 7.43. The Labute approximate surface area is 70.6 Å². The third kappa shape index (κ3) is 1.83. The summed E-state index contributed by atoms with van der Waals surface area (Å²) in [4.78, 5) is 0. The van der Waals surface area contributed by atoms with E-state index in [1.54, 1.807) is 5.38 Å². The third-order valence-corrected chi connectivity index (χ3v) is 2.40. The monoisotopic (exact) mass is 170 g/mol. The average Bonchev–Trinajstić information content (AvgIpc) is 2.32. The summed E-state index contributed by atoms with van der Waals surface area (Å²) < 4.78 is 0. The Bertz CT molecular complexity index is 210. The molecule has 0 fully saturated rings. The molecule has 0 amide bonds. The Hall–Kier alpha value is -0.315. The van der Waals surface area contributed by atoms with Crippen LogP contribution >= 0.6 is 11.3 Å². The van der Waals surface area contributed by atoms with Crippen molar-refractivity contribution in [2.24, 2.45) is 0 Å². The van der Waals surface area contributed by atoms with Crippen molar-refractivity contribution < 1.29 is 10.0 Å². The molecule has 1 rings (SSSR count). The Morgan fingerprint density at radius 2 is 2.00 bits per heavy atom. The van der Waals surface area contributed by atoms with E-state index < -0.39 is 7.12 Å². The summed E-state index contributed by atoms with van der Waals surface area (Å²) >= 11 is 1.50. The van der Waals surface area contributed by atoms with E-state index in [9.17, 15) is 0 Å². The number of hydrogen-bond donors (Lipinski definition) is 2. The molecule has 0 saturated carbocycles. The minimum absolute atomic E-state index is 0.359. The fourth-order valence-corrected chi connectivity index (χ4v) is 2.02. The predicted molar refractivity (Wildman–Crippen MR) is 48.2 cm³/mol. The minimum Gasteiger partial charge on any atom is -0.423 e. The Kier molecular flexibility index (Phi) is 2.70. The first kappa shape index (κ1) is 8.78. The number of hydrogen-bond acceptors (Lipinski definition) is 3. The quantitative estimate of drug-likeness (QED) is 0.636. The fourth-order valence-electron chi connectivity index (χ4n) is 0.996. The smallest absolute Gasteiger partial charge is 0.423 e. The van der Waals surface area contributed by atoms with E-state index in [4.69, 9.17) is 10.0 Å². The van der Waals surface area contributed by atoms with Gasteiger partial charge in [0.25, 0.3) is 0 Å². The zero-order chi connectivity index (χ0) is 8.43. The summed E-state index contributed by atoms with van der Waals surface area (Å²) in [7, 11) is -1.32. The normalized spacial score (nSPS) is 10.6. The maximum atomic E-state index is 8.90. The summed E-state index contributed by atoms with van der Waals surface area (Å²) in [5.41, 5.74) is 1.68. The van der Waals surface area contributed by atoms with Crippen LogP contribution in [0.25, 0.3) is 0 Å². The Balaban J connectivity index is 2.96. The molecule has 1 aromatic rings. The highest BCUT2D eigenvalue weighted by Gasteiger charge is 2.17. The molecule has 0 aliphatic rings. The van der Waals surface area contributed by atoms with Gasteiger partial charge in [-0.1, -0.05) is 13.8 Å². The molecule has 4 heteroatoms. The van der Waals surface area contributed by atoms with Crippen molar-refractivity contribution in [3.05, 3.63) is 16.3 Å². The number of thiophene rings is 1. The molecular weight excluding hydrogens is 159 g/mol. The van der Waals surface area contributed by atoms with Crippen LogP contribution in [0.4, 0.5) is 0 Å². The van der Waals surface area contributed by atoms with E-state index in [0.717, 1.165) is 5.56 Å². The van der Waals surface area contributed by atoms with Crippen molar-refractivity contribution in [2.45, 2.75) is 19.8 Å². The van der Waals surface area contributed by atoms with Gasteiger partial charge in [-0.2, -0.15) is 11.3 Å². The molecule has 0 saturated heterocycles. The van der Waals surface area contributed by atoms with Crippen LogP contribution in [-0.4, -0.2) is 17.2 Å². The van der Waals surface area contributed by atoms with Gasteiger partial charge >= 0.3 is 7.12 Å². The molecule has 0 aromatic carbocycles. The first-order chi connectivity index (χ1) is 5.13. The van der Waals surface area contributed by atoms with E-state index in [2.05, 4.69) is 0 Å². The molecule has 2 nitrogen and oxygen atoms in total. The Morgan fingerprint density at radius 3 is 2.36 bits per heavy atom. The topological polar surface area (TPSA) is 40.5 Å². The molecule has 2 N–H and O–H groups in total. The van der Waals surface area contributed by atoms with Gasteiger partial charge in [0.15, 0.2) is 0 Å². The van der Waals surface area contributed by atoms with E-state index in [1.807, 2.05) is 19.2 Å². The largest absolute Gasteiger partial charge is 0.489 e. The summed E-state index contributed by atoms with van der Waals surface area (Å²) in [6.07, 6.45) is 0. The van der Waals surface area contributed by atoms with Crippen LogP contribution in [0, 0.1) is 0 Å². The summed E-state index contributed by atoms with van der Waals surface area (Å²) in [5.74, 6) is 0.359. The number of rotatable bonds is 2. The highest BCUT2D eigenvalue weighted by atomic mass is 32.1. The van der Waals surface area contributed by atoms with Gasteiger partial charge in [-0.05, 0) is 27.7 Å². The van der Waals surface area contributed by atoms with Crippen LogP contribution in [0.1, 0.15) is 25.3 Å². The minimum atomic E-state index is -1.32. The van der Waals surface area contributed by atoms with Crippen LogP contribution in [0.5, 0.6) is 0 Å². The molecule has 0 spiro atoms. The molecule has 60 valence electrons. The maximum Gasteiger partial charge on any atom is 0.489 e. The van der Waals surface area contributed by atoms with E-state index >= 15 is 0 Å². The molecule has 0 bridgehead atoms. The van der Waals surface area contributed by atoms with E-state index in [-0.39, 0.29) is 0 Å². The zero-order valence-electron chi connectivity index (χ0n) is 6.61. The lowest BCUT2D eigenvalue weighted by molar-refractivity contribution is 0.425. The second-order valence-electron chi connectivity index (χ2n) is 2.81. The van der Waals surface area contributed by atoms with Crippen LogP contribution in [0.2, 0.25) is 0 Å². The molecule has 0 aliphatic heterocycles. The van der Waals surface area contributed by atoms with Crippen molar-refractivity contribution in [2.75, 3.05) is 0 Å². The molecule has 0 aliphatic carbocycles. The van der Waals surface area contributed by atoms with Gasteiger partial charge in [0.05, 0.1) is 0 Å². The van der Waals surface area contributed by atoms with Crippen LogP contribution in [-0.2, 0) is 0 Å². The molecule has 11 heavy (non-hydrogen) atoms. The highest BCUT2D eigenvalue weighted by molar-refractivity contribution is 7.09. The van der Waals surface area contributed by atoms with Crippen LogP contribution in [0.3, 0.4) is 0 Å². The first-order valence-electron chi connectivity index (χ1n) is 3.55. The van der Waals surface area contributed by atoms with Crippen molar-refractivity contribution >= 4 is 23.9 Å². The van der Waals surface area contributed by atoms with Crippen molar-refractivity contribution in [3.8, 4) is 0 Å². The van der Waals surface area contributed by atoms with Crippen LogP contribution in [0.15, 0.2) is 10.8 Å². The van der Waals surface area contributed by atoms with Gasteiger partial charge in [0.1, 0.15) is 0 Å². The molecule has 1 aromatic heterocycles. The lowest BCUT2D eigenvalue weighted by Crippen LogP contribution is -2.31. The first-order valence-corrected chi connectivity index (χ1v) is 4.49. The second kappa shape index (κ2) is 3.39. The van der Waals surface area contributed by atoms with Gasteiger partial charge in [-0.25, -0.2) is 0 Å². The molecule has 0 unspecified atom stereocenters. The maximum absolute atomic E-state index is 8.90. The predicted octanol–water partition coefficient (Wildman–Crippen LogP) is 0.551. The average molecular weight is 170 g/mol. The van der Waals surface area contributed by atoms with Gasteiger partial charge in [-0.3, -0.25) is 0 Å². The van der Waals surface area contributed by atoms with Gasteiger partial charge in [0.2, 0.25) is 0 Å². The van der Waals surface area contributed by atoms with E-state index in [0.29, 0.717) is 11.4 Å². The van der Waals surface area contributed by atoms with Gasteiger partial charge in [-0.15, -0.1) is 0 Å². The molecule has 0 radical (unpaired) electrons. The summed E-state index contributed by atoms with van der Waals surface area (Å²) in [6.45, 7) is 4.07. The van der Waals surface area contributed by atoms with Gasteiger partial charge in [0, 0.05) is 0 Å². The molecular formula is C7H11BO2S. The molecule has 0 atom stereocenters. The van der Waals surface area contributed by atoms with Crippen molar-refractivity contribution in [1.29, 1.82) is 0 Å². The highest BCUT2D eigenvalue weighted by Crippen LogP contribution is 2.15.